The van der Waals surface area contributed by atoms with Crippen LogP contribution in [0.3, 0.4) is 0 Å². The molecule has 0 amide bonds. The smallest absolute Gasteiger partial charge is 0.338 e. The lowest BCUT2D eigenvalue weighted by molar-refractivity contribution is -0.156. The minimum Gasteiger partial charge on any atom is -0.493 e. The molecule has 0 aromatic heterocycles. The van der Waals surface area contributed by atoms with Crippen LogP contribution in [0.1, 0.15) is 13.8 Å². The van der Waals surface area contributed by atoms with Crippen LogP contribution in [0.2, 0.25) is 0 Å². The van der Waals surface area contributed by atoms with Crippen molar-refractivity contribution in [2.24, 2.45) is 5.41 Å². The summed E-state index contributed by atoms with van der Waals surface area (Å²) in [6, 6.07) is 11.3. The minimum atomic E-state index is -0.436. The first-order chi connectivity index (χ1) is 13.8. The Bertz CT molecular complexity index is 968. The molecular formula is C24H26O5. The first-order valence-corrected chi connectivity index (χ1v) is 9.38. The Hall–Kier alpha value is -3.05. The summed E-state index contributed by atoms with van der Waals surface area (Å²) < 4.78 is 22.4. The second-order valence-electron chi connectivity index (χ2n) is 7.61. The van der Waals surface area contributed by atoms with E-state index >= 15 is 0 Å². The molecule has 29 heavy (non-hydrogen) atoms. The average Bonchev–Trinajstić information content (AvgIpc) is 2.66. The van der Waals surface area contributed by atoms with Crippen LogP contribution in [-0.4, -0.2) is 32.4 Å². The fraction of sp³-hybridized carbons (Fsp3) is 0.292. The highest BCUT2D eigenvalue weighted by molar-refractivity contribution is 5.90. The molecule has 0 bridgehead atoms. The van der Waals surface area contributed by atoms with Gasteiger partial charge in [0.15, 0.2) is 0 Å². The van der Waals surface area contributed by atoms with E-state index in [9.17, 15) is 4.79 Å². The van der Waals surface area contributed by atoms with Gasteiger partial charge < -0.3 is 18.9 Å². The molecule has 0 N–H and O–H groups in total. The number of allylic oxidation sites excluding steroid dienone is 1. The van der Waals surface area contributed by atoms with E-state index in [4.69, 9.17) is 18.9 Å². The molecule has 5 nitrogen and oxygen atoms in total. The van der Waals surface area contributed by atoms with E-state index in [1.807, 2.05) is 37.3 Å². The van der Waals surface area contributed by atoms with Gasteiger partial charge >= 0.3 is 5.97 Å². The highest BCUT2D eigenvalue weighted by Crippen LogP contribution is 2.31. The number of fused-ring (bicyclic) bond motifs is 1. The topological polar surface area (TPSA) is 54.0 Å². The first kappa shape index (κ1) is 20.7. The van der Waals surface area contributed by atoms with Crippen molar-refractivity contribution in [2.75, 3.05) is 26.4 Å². The van der Waals surface area contributed by atoms with Crippen LogP contribution in [0.4, 0.5) is 0 Å². The molecule has 0 spiro atoms. The van der Waals surface area contributed by atoms with Gasteiger partial charge in [0.2, 0.25) is 0 Å². The summed E-state index contributed by atoms with van der Waals surface area (Å²) in [4.78, 5) is 11.7. The monoisotopic (exact) mass is 394 g/mol. The van der Waals surface area contributed by atoms with E-state index in [0.29, 0.717) is 43.5 Å². The predicted molar refractivity (Wildman–Crippen MR) is 113 cm³/mol. The molecule has 152 valence electrons. The molecule has 0 radical (unpaired) electrons. The maximum atomic E-state index is 11.7. The van der Waals surface area contributed by atoms with Gasteiger partial charge in [0.1, 0.15) is 30.5 Å². The molecule has 1 aliphatic heterocycles. The normalized spacial score (nSPS) is 14.6. The number of ether oxygens (including phenoxy) is 4. The van der Waals surface area contributed by atoms with Gasteiger partial charge in [0.25, 0.3) is 0 Å². The van der Waals surface area contributed by atoms with Gasteiger partial charge in [-0.25, -0.2) is 4.79 Å². The third kappa shape index (κ3) is 5.06. The number of carbonyl (C=O) groups excluding carboxylic acids is 1. The Morgan fingerprint density at radius 3 is 2.14 bits per heavy atom. The Labute approximate surface area is 171 Å². The molecule has 0 saturated carbocycles. The fourth-order valence-electron chi connectivity index (χ4n) is 2.75. The van der Waals surface area contributed by atoms with Crippen LogP contribution in [-0.2, 0) is 14.3 Å². The van der Waals surface area contributed by atoms with Crippen LogP contribution in [0.25, 0.3) is 10.8 Å². The van der Waals surface area contributed by atoms with Crippen molar-refractivity contribution in [3.63, 3.8) is 0 Å². The van der Waals surface area contributed by atoms with Crippen LogP contribution in [0, 0.1) is 5.41 Å². The van der Waals surface area contributed by atoms with Crippen molar-refractivity contribution in [1.82, 2.24) is 0 Å². The molecule has 3 rings (SSSR count). The molecule has 2 aromatic rings. The Morgan fingerprint density at radius 1 is 0.966 bits per heavy atom. The first-order valence-electron chi connectivity index (χ1n) is 9.38. The molecule has 1 fully saturated rings. The molecule has 2 aromatic carbocycles. The standard InChI is InChI=1S/C24H26O5/c1-16(2)18(5)27-14-24(12-26-13-24)15-28-21-8-6-20-11-22(9-7-19(20)10-21)29-23(25)17(3)4/h6-11H,1,3,5,12-15H2,2,4H3. The highest BCUT2D eigenvalue weighted by atomic mass is 16.5. The van der Waals surface area contributed by atoms with Crippen LogP contribution >= 0.6 is 0 Å². The quantitative estimate of drug-likeness (QED) is 0.201. The lowest BCUT2D eigenvalue weighted by atomic mass is 9.88. The fourth-order valence-corrected chi connectivity index (χ4v) is 2.75. The summed E-state index contributed by atoms with van der Waals surface area (Å²) in [5.41, 5.74) is 0.983. The second-order valence-corrected chi connectivity index (χ2v) is 7.61. The highest BCUT2D eigenvalue weighted by Gasteiger charge is 2.41. The predicted octanol–water partition coefficient (Wildman–Crippen LogP) is 4.82. The van der Waals surface area contributed by atoms with Gasteiger partial charge in [0.05, 0.1) is 18.6 Å². The van der Waals surface area contributed by atoms with Crippen LogP contribution < -0.4 is 9.47 Å². The van der Waals surface area contributed by atoms with E-state index < -0.39 is 5.97 Å². The van der Waals surface area contributed by atoms with Crippen molar-refractivity contribution in [3.8, 4) is 11.5 Å². The maximum absolute atomic E-state index is 11.7. The molecule has 0 aliphatic carbocycles. The van der Waals surface area contributed by atoms with Gasteiger partial charge in [-0.05, 0) is 54.5 Å². The van der Waals surface area contributed by atoms with Crippen molar-refractivity contribution in [2.45, 2.75) is 13.8 Å². The number of carbonyl (C=O) groups is 1. The van der Waals surface area contributed by atoms with Gasteiger partial charge in [-0.3, -0.25) is 0 Å². The van der Waals surface area contributed by atoms with E-state index in [1.165, 1.54) is 0 Å². The lowest BCUT2D eigenvalue weighted by Crippen LogP contribution is -2.50. The number of esters is 1. The SMILES string of the molecule is C=C(C)C(=C)OCC1(COc2ccc3cc(OC(=O)C(=C)C)ccc3c2)COC1. The van der Waals surface area contributed by atoms with Crippen molar-refractivity contribution in [3.05, 3.63) is 73.0 Å². The molecule has 0 atom stereocenters. The van der Waals surface area contributed by atoms with E-state index in [0.717, 1.165) is 22.1 Å². The van der Waals surface area contributed by atoms with Crippen molar-refractivity contribution >= 4 is 16.7 Å². The van der Waals surface area contributed by atoms with Crippen LogP contribution in [0.15, 0.2) is 73.0 Å². The summed E-state index contributed by atoms with van der Waals surface area (Å²) in [5.74, 6) is 1.40. The second kappa shape index (κ2) is 8.53. The summed E-state index contributed by atoms with van der Waals surface area (Å²) in [6.07, 6.45) is 0. The number of benzene rings is 2. The molecule has 1 heterocycles. The maximum Gasteiger partial charge on any atom is 0.338 e. The third-order valence-corrected chi connectivity index (χ3v) is 4.73. The average molecular weight is 394 g/mol. The minimum absolute atomic E-state index is 0.187. The van der Waals surface area contributed by atoms with Gasteiger partial charge in [-0.1, -0.05) is 31.9 Å². The Kier molecular flexibility index (Phi) is 6.09. The molecule has 0 unspecified atom stereocenters. The summed E-state index contributed by atoms with van der Waals surface area (Å²) >= 11 is 0. The van der Waals surface area contributed by atoms with Gasteiger partial charge in [-0.15, -0.1) is 0 Å². The van der Waals surface area contributed by atoms with E-state index in [2.05, 4.69) is 19.7 Å². The zero-order valence-electron chi connectivity index (χ0n) is 17.0. The largest absolute Gasteiger partial charge is 0.493 e. The molecule has 1 saturated heterocycles. The zero-order valence-corrected chi connectivity index (χ0v) is 17.0. The number of hydrogen-bond donors (Lipinski definition) is 0. The van der Waals surface area contributed by atoms with E-state index in [-0.39, 0.29) is 5.41 Å². The van der Waals surface area contributed by atoms with Crippen LogP contribution in [0.5, 0.6) is 11.5 Å². The Morgan fingerprint density at radius 2 is 1.59 bits per heavy atom. The van der Waals surface area contributed by atoms with E-state index in [1.54, 1.807) is 13.0 Å². The molecule has 1 aliphatic rings. The van der Waals surface area contributed by atoms with Crippen molar-refractivity contribution in [1.29, 1.82) is 0 Å². The van der Waals surface area contributed by atoms with Gasteiger partial charge in [-0.2, -0.15) is 0 Å². The number of rotatable bonds is 9. The molecule has 5 heteroatoms. The summed E-state index contributed by atoms with van der Waals surface area (Å²) in [6.45, 7) is 16.9. The summed E-state index contributed by atoms with van der Waals surface area (Å²) in [7, 11) is 0. The molecular weight excluding hydrogens is 368 g/mol. The third-order valence-electron chi connectivity index (χ3n) is 4.73. The Balaban J connectivity index is 1.64. The van der Waals surface area contributed by atoms with Gasteiger partial charge in [0, 0.05) is 5.57 Å². The summed E-state index contributed by atoms with van der Waals surface area (Å²) in [5, 5.41) is 1.94. The number of hydrogen-bond acceptors (Lipinski definition) is 5. The lowest BCUT2D eigenvalue weighted by Gasteiger charge is -2.40. The van der Waals surface area contributed by atoms with Crippen molar-refractivity contribution < 1.29 is 23.7 Å². The zero-order chi connectivity index (χ0) is 21.0.